The lowest BCUT2D eigenvalue weighted by atomic mass is 10.1. The lowest BCUT2D eigenvalue weighted by molar-refractivity contribution is 0.198. The largest absolute Gasteiger partial charge is 0.493 e. The highest BCUT2D eigenvalue weighted by Gasteiger charge is 2.28. The third kappa shape index (κ3) is 6.13. The molecule has 3 rings (SSSR count). The molecule has 0 amide bonds. The molecule has 2 fully saturated rings. The smallest absolute Gasteiger partial charge is 0.191 e. The minimum atomic E-state index is -2.93. The van der Waals surface area contributed by atoms with Gasteiger partial charge in [-0.1, -0.05) is 12.1 Å². The molecule has 1 aromatic carbocycles. The van der Waals surface area contributed by atoms with Crippen LogP contribution < -0.4 is 20.1 Å². The number of hydrogen-bond donors (Lipinski definition) is 2. The van der Waals surface area contributed by atoms with Crippen LogP contribution in [0.15, 0.2) is 23.2 Å². The van der Waals surface area contributed by atoms with Gasteiger partial charge < -0.3 is 20.1 Å². The number of ether oxygens (including phenoxy) is 2. The maximum absolute atomic E-state index is 11.6. The molecule has 9 heteroatoms. The molecule has 158 valence electrons. The Labute approximate surface area is 184 Å². The van der Waals surface area contributed by atoms with Crippen molar-refractivity contribution in [1.82, 2.24) is 10.6 Å². The zero-order chi connectivity index (χ0) is 19.3. The number of para-hydroxylation sites is 1. The molecule has 0 spiro atoms. The Balaban J connectivity index is 0.00000280. The Morgan fingerprint density at radius 3 is 2.61 bits per heavy atom. The lowest BCUT2D eigenvalue weighted by Gasteiger charge is -2.21. The second-order valence-electron chi connectivity index (χ2n) is 7.14. The SMILES string of the molecule is CN=C(NCc1cccc(OC)c1OC1CCCC1)NC1CCS(=O)(=O)C1.I. The number of guanidine groups is 1. The van der Waals surface area contributed by atoms with E-state index < -0.39 is 9.84 Å². The van der Waals surface area contributed by atoms with E-state index in [1.807, 2.05) is 18.2 Å². The lowest BCUT2D eigenvalue weighted by Crippen LogP contribution is -2.43. The second-order valence-corrected chi connectivity index (χ2v) is 9.37. The van der Waals surface area contributed by atoms with Gasteiger partial charge in [0.1, 0.15) is 0 Å². The molecular weight excluding hydrogens is 493 g/mol. The maximum Gasteiger partial charge on any atom is 0.191 e. The molecule has 1 aromatic rings. The van der Waals surface area contributed by atoms with Crippen LogP contribution in [-0.4, -0.2) is 52.2 Å². The molecule has 2 aliphatic rings. The second kappa shape index (κ2) is 10.5. The van der Waals surface area contributed by atoms with Crippen molar-refractivity contribution in [2.24, 2.45) is 4.99 Å². The number of benzene rings is 1. The molecular formula is C19H30IN3O4S. The fourth-order valence-corrected chi connectivity index (χ4v) is 5.32. The van der Waals surface area contributed by atoms with Crippen LogP contribution in [0.3, 0.4) is 0 Å². The average Bonchev–Trinajstić information content (AvgIpc) is 3.28. The summed E-state index contributed by atoms with van der Waals surface area (Å²) in [4.78, 5) is 4.22. The zero-order valence-corrected chi connectivity index (χ0v) is 19.6. The number of sulfone groups is 1. The zero-order valence-electron chi connectivity index (χ0n) is 16.4. The molecule has 1 aliphatic carbocycles. The summed E-state index contributed by atoms with van der Waals surface area (Å²) >= 11 is 0. The van der Waals surface area contributed by atoms with Crippen LogP contribution in [0.4, 0.5) is 0 Å². The molecule has 0 radical (unpaired) electrons. The van der Waals surface area contributed by atoms with Gasteiger partial charge in [-0.25, -0.2) is 8.42 Å². The minimum absolute atomic E-state index is 0. The van der Waals surface area contributed by atoms with E-state index in [0.717, 1.165) is 29.9 Å². The number of hydrogen-bond acceptors (Lipinski definition) is 5. The molecule has 1 unspecified atom stereocenters. The molecule has 1 heterocycles. The fourth-order valence-electron chi connectivity index (χ4n) is 3.64. The summed E-state index contributed by atoms with van der Waals surface area (Å²) in [6.45, 7) is 0.512. The van der Waals surface area contributed by atoms with Crippen LogP contribution >= 0.6 is 24.0 Å². The van der Waals surface area contributed by atoms with Crippen molar-refractivity contribution in [2.45, 2.75) is 50.8 Å². The van der Waals surface area contributed by atoms with Crippen LogP contribution in [0.2, 0.25) is 0 Å². The normalized spacial score (nSPS) is 21.8. The average molecular weight is 523 g/mol. The predicted molar refractivity (Wildman–Crippen MR) is 122 cm³/mol. The highest BCUT2D eigenvalue weighted by molar-refractivity contribution is 14.0. The third-order valence-electron chi connectivity index (χ3n) is 5.11. The van der Waals surface area contributed by atoms with Crippen molar-refractivity contribution in [1.29, 1.82) is 0 Å². The van der Waals surface area contributed by atoms with Crippen LogP contribution in [0.25, 0.3) is 0 Å². The first-order valence-corrected chi connectivity index (χ1v) is 11.3. The monoisotopic (exact) mass is 523 g/mol. The van der Waals surface area contributed by atoms with E-state index >= 15 is 0 Å². The predicted octanol–water partition coefficient (Wildman–Crippen LogP) is 2.49. The van der Waals surface area contributed by atoms with Gasteiger partial charge in [0.05, 0.1) is 24.7 Å². The van der Waals surface area contributed by atoms with Crippen molar-refractivity contribution < 1.29 is 17.9 Å². The van der Waals surface area contributed by atoms with Crippen LogP contribution in [0.5, 0.6) is 11.5 Å². The summed E-state index contributed by atoms with van der Waals surface area (Å²) in [7, 11) is 0.401. The molecule has 0 bridgehead atoms. The first kappa shape index (κ1) is 23.1. The van der Waals surface area contributed by atoms with Gasteiger partial charge in [0.25, 0.3) is 0 Å². The van der Waals surface area contributed by atoms with Crippen molar-refractivity contribution in [3.05, 3.63) is 23.8 Å². The Kier molecular flexibility index (Phi) is 8.66. The summed E-state index contributed by atoms with van der Waals surface area (Å²) in [5, 5.41) is 6.47. The Bertz CT molecular complexity index is 779. The molecule has 1 aliphatic heterocycles. The van der Waals surface area contributed by atoms with E-state index in [2.05, 4.69) is 15.6 Å². The van der Waals surface area contributed by atoms with E-state index in [1.54, 1.807) is 14.2 Å². The minimum Gasteiger partial charge on any atom is -0.493 e. The van der Waals surface area contributed by atoms with Gasteiger partial charge in [-0.3, -0.25) is 4.99 Å². The van der Waals surface area contributed by atoms with E-state index in [-0.39, 0.29) is 47.6 Å². The highest BCUT2D eigenvalue weighted by atomic mass is 127. The topological polar surface area (TPSA) is 89.0 Å². The first-order valence-electron chi connectivity index (χ1n) is 9.51. The van der Waals surface area contributed by atoms with E-state index in [0.29, 0.717) is 18.9 Å². The molecule has 28 heavy (non-hydrogen) atoms. The van der Waals surface area contributed by atoms with Crippen LogP contribution in [0.1, 0.15) is 37.7 Å². The van der Waals surface area contributed by atoms with Gasteiger partial charge in [0.15, 0.2) is 27.3 Å². The van der Waals surface area contributed by atoms with Crippen molar-refractivity contribution in [2.75, 3.05) is 25.7 Å². The van der Waals surface area contributed by atoms with E-state index in [4.69, 9.17) is 9.47 Å². The summed E-state index contributed by atoms with van der Waals surface area (Å²) in [5.74, 6) is 2.48. The van der Waals surface area contributed by atoms with Gasteiger partial charge in [-0.05, 0) is 38.2 Å². The van der Waals surface area contributed by atoms with Gasteiger partial charge >= 0.3 is 0 Å². The van der Waals surface area contributed by atoms with Gasteiger partial charge in [0, 0.05) is 25.2 Å². The van der Waals surface area contributed by atoms with Crippen LogP contribution in [0, 0.1) is 0 Å². The van der Waals surface area contributed by atoms with E-state index in [1.165, 1.54) is 12.8 Å². The molecule has 1 saturated carbocycles. The summed E-state index contributed by atoms with van der Waals surface area (Å²) in [5.41, 5.74) is 0.989. The summed E-state index contributed by atoms with van der Waals surface area (Å²) in [6.07, 6.45) is 5.40. The number of halogens is 1. The highest BCUT2D eigenvalue weighted by Crippen LogP contribution is 2.34. The maximum atomic E-state index is 11.6. The van der Waals surface area contributed by atoms with E-state index in [9.17, 15) is 8.42 Å². The first-order chi connectivity index (χ1) is 13.0. The Hall–Kier alpha value is -1.23. The molecule has 0 aromatic heterocycles. The molecule has 1 atom stereocenters. The number of nitrogens with one attached hydrogen (secondary N) is 2. The van der Waals surface area contributed by atoms with Gasteiger partial charge in [-0.2, -0.15) is 0 Å². The third-order valence-corrected chi connectivity index (χ3v) is 6.88. The fraction of sp³-hybridized carbons (Fsp3) is 0.632. The van der Waals surface area contributed by atoms with Crippen molar-refractivity contribution in [3.63, 3.8) is 0 Å². The Morgan fingerprint density at radius 2 is 2.00 bits per heavy atom. The molecule has 7 nitrogen and oxygen atoms in total. The summed E-state index contributed by atoms with van der Waals surface area (Å²) < 4.78 is 35.0. The molecule has 2 N–H and O–H groups in total. The van der Waals surface area contributed by atoms with Gasteiger partial charge in [-0.15, -0.1) is 24.0 Å². The summed E-state index contributed by atoms with van der Waals surface area (Å²) in [6, 6.07) is 5.76. The standard InChI is InChI=1S/C19H29N3O4S.HI/c1-20-19(22-15-10-11-27(23,24)13-15)21-12-14-6-5-9-17(25-2)18(14)26-16-7-3-4-8-16;/h5-6,9,15-16H,3-4,7-8,10-13H2,1-2H3,(H2,20,21,22);1H. The van der Waals surface area contributed by atoms with Crippen LogP contribution in [-0.2, 0) is 16.4 Å². The molecule has 1 saturated heterocycles. The quantitative estimate of drug-likeness (QED) is 0.339. The van der Waals surface area contributed by atoms with Crippen molar-refractivity contribution >= 4 is 39.8 Å². The number of methoxy groups -OCH3 is 1. The number of aliphatic imine (C=N–C) groups is 1. The van der Waals surface area contributed by atoms with Gasteiger partial charge in [0.2, 0.25) is 0 Å². The van der Waals surface area contributed by atoms with Crippen molar-refractivity contribution in [3.8, 4) is 11.5 Å². The number of nitrogens with zero attached hydrogens (tertiary/aromatic N) is 1. The number of rotatable bonds is 6. The Morgan fingerprint density at radius 1 is 1.25 bits per heavy atom.